The van der Waals surface area contributed by atoms with Crippen molar-refractivity contribution in [3.05, 3.63) is 29.3 Å². The SMILES string of the molecule is CC(CCN)Cc1ccc2c(c1)C(C)(C)C(=O)N2C. The first-order valence-corrected chi connectivity index (χ1v) is 6.99. The van der Waals surface area contributed by atoms with Crippen LogP contribution < -0.4 is 10.6 Å². The van der Waals surface area contributed by atoms with E-state index in [0.29, 0.717) is 5.92 Å². The first-order valence-electron chi connectivity index (χ1n) is 6.99. The molecule has 1 heterocycles. The zero-order valence-corrected chi connectivity index (χ0v) is 12.4. The number of hydrogen-bond acceptors (Lipinski definition) is 2. The molecule has 19 heavy (non-hydrogen) atoms. The number of benzene rings is 1. The summed E-state index contributed by atoms with van der Waals surface area (Å²) in [6.07, 6.45) is 2.07. The van der Waals surface area contributed by atoms with Gasteiger partial charge in [-0.05, 0) is 56.3 Å². The van der Waals surface area contributed by atoms with E-state index < -0.39 is 5.41 Å². The van der Waals surface area contributed by atoms with Gasteiger partial charge in [0.2, 0.25) is 5.91 Å². The second kappa shape index (κ2) is 4.97. The van der Waals surface area contributed by atoms with Crippen LogP contribution >= 0.6 is 0 Å². The molecule has 2 N–H and O–H groups in total. The lowest BCUT2D eigenvalue weighted by atomic mass is 9.84. The van der Waals surface area contributed by atoms with E-state index in [4.69, 9.17) is 5.73 Å². The molecule has 3 nitrogen and oxygen atoms in total. The highest BCUT2D eigenvalue weighted by molar-refractivity contribution is 6.07. The van der Waals surface area contributed by atoms with Crippen molar-refractivity contribution in [3.8, 4) is 0 Å². The van der Waals surface area contributed by atoms with E-state index in [0.717, 1.165) is 30.6 Å². The fraction of sp³-hybridized carbons (Fsp3) is 0.562. The number of likely N-dealkylation sites (N-methyl/N-ethyl adjacent to an activating group) is 1. The minimum absolute atomic E-state index is 0.176. The second-order valence-electron chi connectivity index (χ2n) is 6.23. The van der Waals surface area contributed by atoms with Crippen molar-refractivity contribution in [1.82, 2.24) is 0 Å². The number of nitrogens with two attached hydrogens (primary N) is 1. The van der Waals surface area contributed by atoms with E-state index in [-0.39, 0.29) is 5.91 Å². The van der Waals surface area contributed by atoms with Crippen molar-refractivity contribution >= 4 is 11.6 Å². The Morgan fingerprint density at radius 2 is 2.05 bits per heavy atom. The quantitative estimate of drug-likeness (QED) is 0.904. The summed E-state index contributed by atoms with van der Waals surface area (Å²) >= 11 is 0. The van der Waals surface area contributed by atoms with E-state index >= 15 is 0 Å². The summed E-state index contributed by atoms with van der Waals surface area (Å²) in [5.41, 5.74) is 8.69. The van der Waals surface area contributed by atoms with Gasteiger partial charge in [-0.25, -0.2) is 0 Å². The van der Waals surface area contributed by atoms with E-state index in [9.17, 15) is 4.79 Å². The summed E-state index contributed by atoms with van der Waals surface area (Å²) in [7, 11) is 1.85. The molecule has 0 spiro atoms. The van der Waals surface area contributed by atoms with Crippen molar-refractivity contribution in [2.75, 3.05) is 18.5 Å². The van der Waals surface area contributed by atoms with E-state index in [1.807, 2.05) is 20.9 Å². The standard InChI is InChI=1S/C16H24N2O/c1-11(7-8-17)9-12-5-6-14-13(10-12)16(2,3)15(19)18(14)4/h5-6,10-11H,7-9,17H2,1-4H3. The van der Waals surface area contributed by atoms with Crippen LogP contribution in [0.15, 0.2) is 18.2 Å². The molecule has 0 bridgehead atoms. The van der Waals surface area contributed by atoms with Crippen LogP contribution in [0.2, 0.25) is 0 Å². The molecule has 1 aromatic carbocycles. The van der Waals surface area contributed by atoms with Crippen LogP contribution in [0.1, 0.15) is 38.3 Å². The third-order valence-corrected chi connectivity index (χ3v) is 4.18. The average molecular weight is 260 g/mol. The maximum atomic E-state index is 12.2. The molecule has 0 fully saturated rings. The average Bonchev–Trinajstić information content (AvgIpc) is 2.52. The number of nitrogens with zero attached hydrogens (tertiary/aromatic N) is 1. The fourth-order valence-electron chi connectivity index (χ4n) is 2.94. The zero-order chi connectivity index (χ0) is 14.2. The minimum Gasteiger partial charge on any atom is -0.330 e. The summed E-state index contributed by atoms with van der Waals surface area (Å²) < 4.78 is 0. The van der Waals surface area contributed by atoms with Gasteiger partial charge in [0.15, 0.2) is 0 Å². The molecular formula is C16H24N2O. The largest absolute Gasteiger partial charge is 0.330 e. The molecule has 3 heteroatoms. The molecular weight excluding hydrogens is 236 g/mol. The fourth-order valence-corrected chi connectivity index (χ4v) is 2.94. The predicted molar refractivity (Wildman–Crippen MR) is 79.4 cm³/mol. The Morgan fingerprint density at radius 1 is 1.37 bits per heavy atom. The lowest BCUT2D eigenvalue weighted by Gasteiger charge is -2.17. The lowest BCUT2D eigenvalue weighted by molar-refractivity contribution is -0.121. The molecule has 2 rings (SSSR count). The van der Waals surface area contributed by atoms with Gasteiger partial charge in [0.25, 0.3) is 0 Å². The minimum atomic E-state index is -0.406. The van der Waals surface area contributed by atoms with Crippen LogP contribution in [0, 0.1) is 5.92 Å². The number of amides is 1. The number of carbonyl (C=O) groups excluding carboxylic acids is 1. The summed E-state index contributed by atoms with van der Waals surface area (Å²) in [5, 5.41) is 0. The number of rotatable bonds is 4. The number of anilines is 1. The molecule has 0 aromatic heterocycles. The normalized spacial score (nSPS) is 18.6. The molecule has 0 saturated heterocycles. The molecule has 0 saturated carbocycles. The van der Waals surface area contributed by atoms with Gasteiger partial charge in [-0.2, -0.15) is 0 Å². The van der Waals surface area contributed by atoms with Crippen molar-refractivity contribution in [2.45, 2.75) is 39.0 Å². The van der Waals surface area contributed by atoms with Gasteiger partial charge in [-0.3, -0.25) is 4.79 Å². The summed E-state index contributed by atoms with van der Waals surface area (Å²) in [6.45, 7) is 6.97. The third kappa shape index (κ3) is 2.39. The van der Waals surface area contributed by atoms with Gasteiger partial charge in [-0.15, -0.1) is 0 Å². The topological polar surface area (TPSA) is 46.3 Å². The van der Waals surface area contributed by atoms with Gasteiger partial charge < -0.3 is 10.6 Å². The summed E-state index contributed by atoms with van der Waals surface area (Å²) in [6, 6.07) is 6.41. The maximum Gasteiger partial charge on any atom is 0.236 e. The molecule has 1 aromatic rings. The number of fused-ring (bicyclic) bond motifs is 1. The van der Waals surface area contributed by atoms with Crippen LogP contribution in [0.25, 0.3) is 0 Å². The molecule has 0 aliphatic carbocycles. The van der Waals surface area contributed by atoms with Gasteiger partial charge in [0, 0.05) is 12.7 Å². The van der Waals surface area contributed by atoms with Gasteiger partial charge in [-0.1, -0.05) is 19.1 Å². The maximum absolute atomic E-state index is 12.2. The van der Waals surface area contributed by atoms with E-state index in [2.05, 4.69) is 25.1 Å². The molecule has 0 radical (unpaired) electrons. The van der Waals surface area contributed by atoms with E-state index in [1.54, 1.807) is 4.90 Å². The lowest BCUT2D eigenvalue weighted by Crippen LogP contribution is -2.33. The molecule has 1 atom stereocenters. The van der Waals surface area contributed by atoms with Crippen LogP contribution in [-0.2, 0) is 16.6 Å². The highest BCUT2D eigenvalue weighted by Crippen LogP contribution is 2.41. The molecule has 104 valence electrons. The Labute approximate surface area is 115 Å². The van der Waals surface area contributed by atoms with Crippen LogP contribution in [0.4, 0.5) is 5.69 Å². The van der Waals surface area contributed by atoms with Crippen molar-refractivity contribution in [2.24, 2.45) is 11.7 Å². The van der Waals surface area contributed by atoms with Crippen LogP contribution in [0.3, 0.4) is 0 Å². The van der Waals surface area contributed by atoms with Crippen LogP contribution in [0.5, 0.6) is 0 Å². The molecule has 1 aliphatic heterocycles. The smallest absolute Gasteiger partial charge is 0.236 e. The van der Waals surface area contributed by atoms with Crippen LogP contribution in [-0.4, -0.2) is 19.5 Å². The monoisotopic (exact) mass is 260 g/mol. The highest BCUT2D eigenvalue weighted by atomic mass is 16.2. The number of carbonyl (C=O) groups is 1. The van der Waals surface area contributed by atoms with E-state index in [1.165, 1.54) is 5.56 Å². The Morgan fingerprint density at radius 3 is 2.68 bits per heavy atom. The third-order valence-electron chi connectivity index (χ3n) is 4.18. The summed E-state index contributed by atoms with van der Waals surface area (Å²) in [5.74, 6) is 0.760. The van der Waals surface area contributed by atoms with Gasteiger partial charge >= 0.3 is 0 Å². The molecule has 1 unspecified atom stereocenters. The van der Waals surface area contributed by atoms with Crippen molar-refractivity contribution < 1.29 is 4.79 Å². The predicted octanol–water partition coefficient (Wildman–Crippen LogP) is 2.47. The summed E-state index contributed by atoms with van der Waals surface area (Å²) in [4.78, 5) is 14.0. The zero-order valence-electron chi connectivity index (χ0n) is 12.4. The van der Waals surface area contributed by atoms with Crippen molar-refractivity contribution in [1.29, 1.82) is 0 Å². The number of hydrogen-bond donors (Lipinski definition) is 1. The highest BCUT2D eigenvalue weighted by Gasteiger charge is 2.42. The second-order valence-corrected chi connectivity index (χ2v) is 6.23. The molecule has 1 amide bonds. The van der Waals surface area contributed by atoms with Gasteiger partial charge in [0.1, 0.15) is 0 Å². The Hall–Kier alpha value is -1.35. The molecule has 1 aliphatic rings. The Kier molecular flexibility index (Phi) is 3.68. The van der Waals surface area contributed by atoms with Gasteiger partial charge in [0.05, 0.1) is 5.41 Å². The first-order chi connectivity index (χ1) is 8.87. The Bertz CT molecular complexity index is 494. The Balaban J connectivity index is 2.30. The first kappa shape index (κ1) is 14.1. The van der Waals surface area contributed by atoms with Crippen molar-refractivity contribution in [3.63, 3.8) is 0 Å².